The molecule has 0 aliphatic carbocycles. The molecule has 3 aromatic rings. The van der Waals surface area contributed by atoms with Gasteiger partial charge in [-0.05, 0) is 35.7 Å². The van der Waals surface area contributed by atoms with Gasteiger partial charge >= 0.3 is 5.97 Å². The Labute approximate surface area is 179 Å². The van der Waals surface area contributed by atoms with Gasteiger partial charge in [0, 0.05) is 22.6 Å². The summed E-state index contributed by atoms with van der Waals surface area (Å²) in [6.45, 7) is 4.13. The van der Waals surface area contributed by atoms with Crippen LogP contribution in [0.4, 0.5) is 0 Å². The van der Waals surface area contributed by atoms with Crippen LogP contribution in [0.25, 0.3) is 10.9 Å². The number of ether oxygens (including phenoxy) is 2. The number of nitrogens with zero attached hydrogens (tertiary/aromatic N) is 1. The van der Waals surface area contributed by atoms with E-state index in [4.69, 9.17) is 9.47 Å². The number of hydrogen-bond acceptors (Lipinski definition) is 6. The van der Waals surface area contributed by atoms with Crippen molar-refractivity contribution in [2.24, 2.45) is 0 Å². The van der Waals surface area contributed by atoms with Crippen LogP contribution in [0.2, 0.25) is 0 Å². The lowest BCUT2D eigenvalue weighted by molar-refractivity contribution is 0.0731. The highest BCUT2D eigenvalue weighted by atomic mass is 32.2. The molecule has 2 heterocycles. The topological polar surface area (TPSA) is 48.4 Å². The lowest BCUT2D eigenvalue weighted by atomic mass is 10.0. The molecule has 1 saturated heterocycles. The number of pyridine rings is 1. The van der Waals surface area contributed by atoms with Gasteiger partial charge in [0.05, 0.1) is 22.8 Å². The van der Waals surface area contributed by atoms with Crippen molar-refractivity contribution in [3.8, 4) is 11.5 Å². The summed E-state index contributed by atoms with van der Waals surface area (Å²) in [5.74, 6) is 3.12. The fraction of sp³-hybridized carbons (Fsp3) is 0.304. The molecular formula is C23H23NO3S2. The van der Waals surface area contributed by atoms with Crippen LogP contribution in [0, 0.1) is 0 Å². The molecule has 4 nitrogen and oxygen atoms in total. The van der Waals surface area contributed by atoms with Crippen molar-refractivity contribution < 1.29 is 14.3 Å². The third kappa shape index (κ3) is 4.23. The molecule has 2 aromatic carbocycles. The molecule has 0 radical (unpaired) electrons. The molecule has 0 N–H and O–H groups in total. The van der Waals surface area contributed by atoms with Gasteiger partial charge in [-0.2, -0.15) is 0 Å². The standard InChI is InChI=1S/C23H23NO3S2/c1-14(2)19-13-17(16-6-4-5-7-18(16)24-19)22(25)27-20-9-8-15(12-21(20)26-3)23-28-10-11-29-23/h4-9,12-14,23H,10-11H2,1-3H3. The van der Waals surface area contributed by atoms with E-state index in [0.717, 1.165) is 28.1 Å². The van der Waals surface area contributed by atoms with Crippen LogP contribution in [0.1, 0.15) is 46.0 Å². The number of esters is 1. The van der Waals surface area contributed by atoms with Gasteiger partial charge < -0.3 is 9.47 Å². The quantitative estimate of drug-likeness (QED) is 0.365. The second-order valence-electron chi connectivity index (χ2n) is 7.14. The number of benzene rings is 2. The lowest BCUT2D eigenvalue weighted by Gasteiger charge is -2.15. The zero-order chi connectivity index (χ0) is 20.4. The van der Waals surface area contributed by atoms with Gasteiger partial charge in [0.15, 0.2) is 11.5 Å². The van der Waals surface area contributed by atoms with E-state index in [1.165, 1.54) is 5.56 Å². The van der Waals surface area contributed by atoms with Crippen molar-refractivity contribution in [1.29, 1.82) is 0 Å². The minimum Gasteiger partial charge on any atom is -0.493 e. The van der Waals surface area contributed by atoms with E-state index < -0.39 is 5.97 Å². The molecule has 0 bridgehead atoms. The maximum Gasteiger partial charge on any atom is 0.344 e. The molecule has 0 unspecified atom stereocenters. The summed E-state index contributed by atoms with van der Waals surface area (Å²) in [5.41, 5.74) is 3.37. The molecule has 0 saturated carbocycles. The Morgan fingerprint density at radius 1 is 1.07 bits per heavy atom. The summed E-state index contributed by atoms with van der Waals surface area (Å²) in [4.78, 5) is 17.8. The summed E-state index contributed by atoms with van der Waals surface area (Å²) < 4.78 is 11.7. The van der Waals surface area contributed by atoms with Crippen molar-refractivity contribution >= 4 is 40.4 Å². The number of methoxy groups -OCH3 is 1. The van der Waals surface area contributed by atoms with Crippen LogP contribution >= 0.6 is 23.5 Å². The molecule has 0 atom stereocenters. The van der Waals surface area contributed by atoms with Crippen LogP contribution in [-0.4, -0.2) is 29.6 Å². The van der Waals surface area contributed by atoms with E-state index >= 15 is 0 Å². The Bertz CT molecular complexity index is 1050. The summed E-state index contributed by atoms with van der Waals surface area (Å²) in [7, 11) is 1.60. The van der Waals surface area contributed by atoms with E-state index in [-0.39, 0.29) is 5.92 Å². The second kappa shape index (κ2) is 8.67. The Morgan fingerprint density at radius 3 is 2.55 bits per heavy atom. The summed E-state index contributed by atoms with van der Waals surface area (Å²) in [5, 5.41) is 0.788. The van der Waals surface area contributed by atoms with Gasteiger partial charge in [0.25, 0.3) is 0 Å². The Kier molecular flexibility index (Phi) is 6.01. The fourth-order valence-electron chi connectivity index (χ4n) is 3.28. The van der Waals surface area contributed by atoms with Crippen molar-refractivity contribution in [2.75, 3.05) is 18.6 Å². The smallest absolute Gasteiger partial charge is 0.344 e. The monoisotopic (exact) mass is 425 g/mol. The third-order valence-electron chi connectivity index (χ3n) is 4.83. The van der Waals surface area contributed by atoms with Crippen molar-refractivity contribution in [2.45, 2.75) is 24.3 Å². The molecule has 0 spiro atoms. The van der Waals surface area contributed by atoms with Crippen molar-refractivity contribution in [1.82, 2.24) is 4.98 Å². The molecule has 1 aromatic heterocycles. The third-order valence-corrected chi connectivity index (χ3v) is 7.94. The Hall–Kier alpha value is -2.18. The van der Waals surface area contributed by atoms with Gasteiger partial charge in [-0.3, -0.25) is 4.98 Å². The molecule has 1 aliphatic rings. The first-order valence-corrected chi connectivity index (χ1v) is 11.7. The number of rotatable bonds is 5. The zero-order valence-electron chi connectivity index (χ0n) is 16.7. The van der Waals surface area contributed by atoms with E-state index in [2.05, 4.69) is 18.8 Å². The first kappa shape index (κ1) is 20.1. The lowest BCUT2D eigenvalue weighted by Crippen LogP contribution is -2.12. The predicted molar refractivity (Wildman–Crippen MR) is 121 cm³/mol. The first-order chi connectivity index (χ1) is 14.1. The van der Waals surface area contributed by atoms with Crippen LogP contribution in [0.3, 0.4) is 0 Å². The SMILES string of the molecule is COc1cc(C2SCCS2)ccc1OC(=O)c1cc(C(C)C)nc2ccccc12. The molecular weight excluding hydrogens is 402 g/mol. The van der Waals surface area contributed by atoms with E-state index in [9.17, 15) is 4.79 Å². The molecule has 4 rings (SSSR count). The second-order valence-corrected chi connectivity index (χ2v) is 9.86. The number of para-hydroxylation sites is 1. The summed E-state index contributed by atoms with van der Waals surface area (Å²) in [6, 6.07) is 15.3. The maximum absolute atomic E-state index is 13.1. The number of fused-ring (bicyclic) bond motifs is 1. The fourth-order valence-corrected chi connectivity index (χ4v) is 6.12. The van der Waals surface area contributed by atoms with Crippen molar-refractivity contribution in [3.05, 3.63) is 65.4 Å². The number of thioether (sulfide) groups is 2. The normalized spacial score (nSPS) is 14.5. The number of hydrogen-bond donors (Lipinski definition) is 0. The van der Waals surface area contributed by atoms with Crippen LogP contribution < -0.4 is 9.47 Å². The highest BCUT2D eigenvalue weighted by Gasteiger charge is 2.22. The number of carbonyl (C=O) groups excluding carboxylic acids is 1. The van der Waals surface area contributed by atoms with Gasteiger partial charge in [-0.1, -0.05) is 38.1 Å². The highest BCUT2D eigenvalue weighted by Crippen LogP contribution is 2.47. The van der Waals surface area contributed by atoms with E-state index in [0.29, 0.717) is 21.6 Å². The minimum absolute atomic E-state index is 0.210. The van der Waals surface area contributed by atoms with Gasteiger partial charge in [0.2, 0.25) is 0 Å². The van der Waals surface area contributed by atoms with Crippen molar-refractivity contribution in [3.63, 3.8) is 0 Å². The van der Waals surface area contributed by atoms with E-state index in [1.807, 2.05) is 72.1 Å². The predicted octanol–water partition coefficient (Wildman–Crippen LogP) is 6.06. The molecule has 1 aliphatic heterocycles. The summed E-state index contributed by atoms with van der Waals surface area (Å²) in [6.07, 6.45) is 0. The zero-order valence-corrected chi connectivity index (χ0v) is 18.3. The van der Waals surface area contributed by atoms with Gasteiger partial charge in [-0.15, -0.1) is 23.5 Å². The van der Waals surface area contributed by atoms with Crippen LogP contribution in [0.5, 0.6) is 11.5 Å². The Balaban J connectivity index is 1.67. The molecule has 0 amide bonds. The van der Waals surface area contributed by atoms with Crippen LogP contribution in [-0.2, 0) is 0 Å². The molecule has 29 heavy (non-hydrogen) atoms. The largest absolute Gasteiger partial charge is 0.493 e. The number of aromatic nitrogens is 1. The minimum atomic E-state index is -0.402. The summed E-state index contributed by atoms with van der Waals surface area (Å²) >= 11 is 3.86. The molecule has 6 heteroatoms. The average Bonchev–Trinajstić information content (AvgIpc) is 3.28. The van der Waals surface area contributed by atoms with Crippen LogP contribution in [0.15, 0.2) is 48.5 Å². The Morgan fingerprint density at radius 2 is 1.83 bits per heavy atom. The van der Waals surface area contributed by atoms with Gasteiger partial charge in [-0.25, -0.2) is 4.79 Å². The molecule has 150 valence electrons. The van der Waals surface area contributed by atoms with Gasteiger partial charge in [0.1, 0.15) is 0 Å². The first-order valence-electron chi connectivity index (χ1n) is 9.60. The highest BCUT2D eigenvalue weighted by molar-refractivity contribution is 8.19. The maximum atomic E-state index is 13.1. The van der Waals surface area contributed by atoms with E-state index in [1.54, 1.807) is 7.11 Å². The molecule has 1 fully saturated rings. The number of carbonyl (C=O) groups is 1. The average molecular weight is 426 g/mol.